The van der Waals surface area contributed by atoms with Crippen molar-refractivity contribution in [2.45, 2.75) is 26.9 Å². The molecule has 0 heterocycles. The number of aryl methyl sites for hydroxylation is 2. The zero-order valence-corrected chi connectivity index (χ0v) is 12.0. The van der Waals surface area contributed by atoms with Crippen molar-refractivity contribution in [3.05, 3.63) is 64.7 Å². The lowest BCUT2D eigenvalue weighted by molar-refractivity contribution is 0.918. The standard InChI is InChI=1S/C17H22N2/c1-13-4-5-16(10-14(13)2)12-19(3)17-8-6-15(11-18)7-9-17/h4-10H,11-12,18H2,1-3H3. The lowest BCUT2D eigenvalue weighted by Gasteiger charge is -2.20. The highest BCUT2D eigenvalue weighted by atomic mass is 15.1. The highest BCUT2D eigenvalue weighted by Crippen LogP contribution is 2.18. The smallest absolute Gasteiger partial charge is 0.0426 e. The fourth-order valence-corrected chi connectivity index (χ4v) is 2.15. The summed E-state index contributed by atoms with van der Waals surface area (Å²) in [5, 5.41) is 0. The van der Waals surface area contributed by atoms with Crippen molar-refractivity contribution in [3.63, 3.8) is 0 Å². The summed E-state index contributed by atoms with van der Waals surface area (Å²) in [7, 11) is 2.12. The van der Waals surface area contributed by atoms with Gasteiger partial charge in [0.15, 0.2) is 0 Å². The molecule has 0 aromatic heterocycles. The largest absolute Gasteiger partial charge is 0.370 e. The molecule has 2 N–H and O–H groups in total. The van der Waals surface area contributed by atoms with E-state index in [-0.39, 0.29) is 0 Å². The van der Waals surface area contributed by atoms with E-state index in [2.05, 4.69) is 68.3 Å². The van der Waals surface area contributed by atoms with Crippen molar-refractivity contribution in [1.82, 2.24) is 0 Å². The quantitative estimate of drug-likeness (QED) is 0.906. The van der Waals surface area contributed by atoms with Crippen molar-refractivity contribution < 1.29 is 0 Å². The second-order valence-electron chi connectivity index (χ2n) is 5.15. The highest BCUT2D eigenvalue weighted by molar-refractivity contribution is 5.47. The number of nitrogens with zero attached hydrogens (tertiary/aromatic N) is 1. The van der Waals surface area contributed by atoms with Crippen LogP contribution in [0.25, 0.3) is 0 Å². The Morgan fingerprint density at radius 3 is 2.11 bits per heavy atom. The van der Waals surface area contributed by atoms with Crippen LogP contribution in [0.15, 0.2) is 42.5 Å². The van der Waals surface area contributed by atoms with Crippen LogP contribution < -0.4 is 10.6 Å². The Morgan fingerprint density at radius 2 is 1.53 bits per heavy atom. The van der Waals surface area contributed by atoms with Gasteiger partial charge in [-0.1, -0.05) is 30.3 Å². The number of anilines is 1. The molecule has 0 unspecified atom stereocenters. The first-order valence-electron chi connectivity index (χ1n) is 6.66. The molecule has 2 aromatic rings. The van der Waals surface area contributed by atoms with Gasteiger partial charge in [0.2, 0.25) is 0 Å². The number of nitrogens with two attached hydrogens (primary N) is 1. The molecule has 2 rings (SSSR count). The molecule has 0 amide bonds. The topological polar surface area (TPSA) is 29.3 Å². The Morgan fingerprint density at radius 1 is 0.895 bits per heavy atom. The van der Waals surface area contributed by atoms with Gasteiger partial charge in [0.05, 0.1) is 0 Å². The van der Waals surface area contributed by atoms with E-state index in [9.17, 15) is 0 Å². The molecule has 0 fully saturated rings. The van der Waals surface area contributed by atoms with E-state index < -0.39 is 0 Å². The summed E-state index contributed by atoms with van der Waals surface area (Å²) in [6.45, 7) is 5.83. The van der Waals surface area contributed by atoms with Crippen LogP contribution in [-0.4, -0.2) is 7.05 Å². The molecule has 0 aliphatic carbocycles. The van der Waals surface area contributed by atoms with E-state index in [4.69, 9.17) is 5.73 Å². The van der Waals surface area contributed by atoms with E-state index in [1.807, 2.05) is 0 Å². The molecule has 2 heteroatoms. The predicted molar refractivity (Wildman–Crippen MR) is 82.4 cm³/mol. The van der Waals surface area contributed by atoms with Crippen LogP contribution in [0.5, 0.6) is 0 Å². The van der Waals surface area contributed by atoms with E-state index in [1.54, 1.807) is 0 Å². The Labute approximate surface area is 115 Å². The van der Waals surface area contributed by atoms with Crippen LogP contribution >= 0.6 is 0 Å². The molecule has 100 valence electrons. The summed E-state index contributed by atoms with van der Waals surface area (Å²) < 4.78 is 0. The lowest BCUT2D eigenvalue weighted by atomic mass is 10.1. The molecular weight excluding hydrogens is 232 g/mol. The van der Waals surface area contributed by atoms with Gasteiger partial charge in [-0.15, -0.1) is 0 Å². The second kappa shape index (κ2) is 5.89. The third-order valence-corrected chi connectivity index (χ3v) is 3.60. The van der Waals surface area contributed by atoms with Crippen LogP contribution in [0.3, 0.4) is 0 Å². The molecule has 0 spiro atoms. The summed E-state index contributed by atoms with van der Waals surface area (Å²) in [5.41, 5.74) is 12.0. The molecule has 0 aliphatic heterocycles. The van der Waals surface area contributed by atoms with Crippen LogP contribution in [0, 0.1) is 13.8 Å². The minimum atomic E-state index is 0.598. The molecule has 19 heavy (non-hydrogen) atoms. The molecule has 0 bridgehead atoms. The van der Waals surface area contributed by atoms with Gasteiger partial charge >= 0.3 is 0 Å². The third-order valence-electron chi connectivity index (χ3n) is 3.60. The van der Waals surface area contributed by atoms with Crippen molar-refractivity contribution in [2.24, 2.45) is 5.73 Å². The molecule has 2 nitrogen and oxygen atoms in total. The maximum Gasteiger partial charge on any atom is 0.0426 e. The summed E-state index contributed by atoms with van der Waals surface area (Å²) in [6, 6.07) is 15.1. The SMILES string of the molecule is Cc1ccc(CN(C)c2ccc(CN)cc2)cc1C. The Hall–Kier alpha value is -1.80. The van der Waals surface area contributed by atoms with E-state index >= 15 is 0 Å². The molecule has 0 saturated carbocycles. The molecule has 0 radical (unpaired) electrons. The maximum absolute atomic E-state index is 5.62. The molecular formula is C17H22N2. The second-order valence-corrected chi connectivity index (χ2v) is 5.15. The molecule has 2 aromatic carbocycles. The zero-order chi connectivity index (χ0) is 13.8. The van der Waals surface area contributed by atoms with Gasteiger partial charge in [-0.3, -0.25) is 0 Å². The fraction of sp³-hybridized carbons (Fsp3) is 0.294. The maximum atomic E-state index is 5.62. The average molecular weight is 254 g/mol. The number of hydrogen-bond donors (Lipinski definition) is 1. The van der Waals surface area contributed by atoms with Crippen LogP contribution in [0.1, 0.15) is 22.3 Å². The zero-order valence-electron chi connectivity index (χ0n) is 12.0. The Kier molecular flexibility index (Phi) is 4.23. The number of rotatable bonds is 4. The predicted octanol–water partition coefficient (Wildman–Crippen LogP) is 3.40. The average Bonchev–Trinajstić information content (AvgIpc) is 2.43. The molecule has 0 atom stereocenters. The monoisotopic (exact) mass is 254 g/mol. The number of benzene rings is 2. The summed E-state index contributed by atoms with van der Waals surface area (Å²) in [5.74, 6) is 0. The lowest BCUT2D eigenvalue weighted by Crippen LogP contribution is -2.16. The van der Waals surface area contributed by atoms with Crippen LogP contribution in [0.2, 0.25) is 0 Å². The van der Waals surface area contributed by atoms with Gasteiger partial charge in [0, 0.05) is 25.8 Å². The van der Waals surface area contributed by atoms with Crippen molar-refractivity contribution in [1.29, 1.82) is 0 Å². The Balaban J connectivity index is 2.10. The Bertz CT molecular complexity index is 544. The molecule has 0 saturated heterocycles. The van der Waals surface area contributed by atoms with E-state index in [1.165, 1.54) is 27.9 Å². The highest BCUT2D eigenvalue weighted by Gasteiger charge is 2.03. The minimum absolute atomic E-state index is 0.598. The van der Waals surface area contributed by atoms with Gasteiger partial charge in [0.1, 0.15) is 0 Å². The normalized spacial score (nSPS) is 10.5. The van der Waals surface area contributed by atoms with Gasteiger partial charge in [-0.25, -0.2) is 0 Å². The van der Waals surface area contributed by atoms with Crippen molar-refractivity contribution >= 4 is 5.69 Å². The van der Waals surface area contributed by atoms with Crippen molar-refractivity contribution in [3.8, 4) is 0 Å². The van der Waals surface area contributed by atoms with E-state index in [0.29, 0.717) is 6.54 Å². The van der Waals surface area contributed by atoms with Gasteiger partial charge in [-0.2, -0.15) is 0 Å². The first kappa shape index (κ1) is 13.6. The van der Waals surface area contributed by atoms with Crippen LogP contribution in [-0.2, 0) is 13.1 Å². The van der Waals surface area contributed by atoms with E-state index in [0.717, 1.165) is 6.54 Å². The minimum Gasteiger partial charge on any atom is -0.370 e. The number of hydrogen-bond acceptors (Lipinski definition) is 2. The summed E-state index contributed by atoms with van der Waals surface area (Å²) in [4.78, 5) is 2.25. The summed E-state index contributed by atoms with van der Waals surface area (Å²) in [6.07, 6.45) is 0. The van der Waals surface area contributed by atoms with Crippen LogP contribution in [0.4, 0.5) is 5.69 Å². The van der Waals surface area contributed by atoms with Gasteiger partial charge < -0.3 is 10.6 Å². The first-order chi connectivity index (χ1) is 9.10. The summed E-state index contributed by atoms with van der Waals surface area (Å²) >= 11 is 0. The molecule has 0 aliphatic rings. The fourth-order valence-electron chi connectivity index (χ4n) is 2.15. The van der Waals surface area contributed by atoms with Gasteiger partial charge in [-0.05, 0) is 48.2 Å². The van der Waals surface area contributed by atoms with Crippen molar-refractivity contribution in [2.75, 3.05) is 11.9 Å². The van der Waals surface area contributed by atoms with Gasteiger partial charge in [0.25, 0.3) is 0 Å². The third kappa shape index (κ3) is 3.36. The first-order valence-corrected chi connectivity index (χ1v) is 6.66.